The number of carboxylic acid groups (broad SMARTS) is 1. The van der Waals surface area contributed by atoms with Gasteiger partial charge in [-0.1, -0.05) is 80.9 Å². The summed E-state index contributed by atoms with van der Waals surface area (Å²) in [4.78, 5) is 11.4. The Morgan fingerprint density at radius 2 is 1.35 bits per heavy atom. The van der Waals surface area contributed by atoms with Gasteiger partial charge in [0.05, 0.1) is 5.56 Å². The lowest BCUT2D eigenvalue weighted by molar-refractivity contribution is 0.0697. The SMILES string of the molecule is Cc1ccc(-c2cc(C(=NO)c3ccc4cc(C(=O)O)ccc4c3)cc3c2C(C)(C)CCC3(C)C)cc1. The van der Waals surface area contributed by atoms with E-state index in [1.807, 2.05) is 18.2 Å². The predicted octanol–water partition coefficient (Wildman–Crippen LogP) is 8.09. The molecule has 4 aromatic carbocycles. The molecule has 2 N–H and O–H groups in total. The van der Waals surface area contributed by atoms with Gasteiger partial charge >= 0.3 is 5.97 Å². The normalized spacial score (nSPS) is 16.4. The lowest BCUT2D eigenvalue weighted by atomic mass is 9.61. The van der Waals surface area contributed by atoms with Crippen LogP contribution in [-0.2, 0) is 10.8 Å². The van der Waals surface area contributed by atoms with Crippen molar-refractivity contribution in [2.75, 3.05) is 0 Å². The molecule has 0 bridgehead atoms. The van der Waals surface area contributed by atoms with Gasteiger partial charge in [-0.05, 0) is 94.0 Å². The maximum absolute atomic E-state index is 11.4. The van der Waals surface area contributed by atoms with E-state index in [1.54, 1.807) is 18.2 Å². The smallest absolute Gasteiger partial charge is 0.335 e. The molecule has 4 aromatic rings. The second-order valence-electron chi connectivity index (χ2n) is 11.6. The van der Waals surface area contributed by atoms with Crippen LogP contribution in [-0.4, -0.2) is 22.0 Å². The summed E-state index contributed by atoms with van der Waals surface area (Å²) < 4.78 is 0. The minimum absolute atomic E-state index is 0.0164. The van der Waals surface area contributed by atoms with Crippen LogP contribution in [0.4, 0.5) is 0 Å². The fourth-order valence-corrected chi connectivity index (χ4v) is 5.70. The molecule has 188 valence electrons. The average molecular weight is 492 g/mol. The summed E-state index contributed by atoms with van der Waals surface area (Å²) in [6, 6.07) is 23.8. The largest absolute Gasteiger partial charge is 0.478 e. The highest BCUT2D eigenvalue weighted by Gasteiger charge is 2.39. The number of nitrogens with zero attached hydrogens (tertiary/aromatic N) is 1. The van der Waals surface area contributed by atoms with Crippen molar-refractivity contribution in [2.24, 2.45) is 5.16 Å². The highest BCUT2D eigenvalue weighted by atomic mass is 16.4. The Morgan fingerprint density at radius 3 is 1.97 bits per heavy atom. The quantitative estimate of drug-likeness (QED) is 0.172. The van der Waals surface area contributed by atoms with E-state index in [0.717, 1.165) is 40.3 Å². The molecule has 0 radical (unpaired) electrons. The van der Waals surface area contributed by atoms with Gasteiger partial charge in [0.1, 0.15) is 5.71 Å². The molecule has 1 aliphatic rings. The molecule has 0 saturated carbocycles. The van der Waals surface area contributed by atoms with E-state index in [0.29, 0.717) is 5.71 Å². The number of carboxylic acids is 1. The van der Waals surface area contributed by atoms with Gasteiger partial charge in [-0.25, -0.2) is 4.79 Å². The Kier molecular flexibility index (Phi) is 5.94. The second kappa shape index (κ2) is 8.88. The van der Waals surface area contributed by atoms with E-state index >= 15 is 0 Å². The summed E-state index contributed by atoms with van der Waals surface area (Å²) in [5, 5.41) is 25.1. The van der Waals surface area contributed by atoms with Gasteiger partial charge in [0.25, 0.3) is 0 Å². The molecular formula is C33H33NO3. The maximum Gasteiger partial charge on any atom is 0.335 e. The van der Waals surface area contributed by atoms with Crippen molar-refractivity contribution in [3.63, 3.8) is 0 Å². The Labute approximate surface area is 218 Å². The van der Waals surface area contributed by atoms with Crippen LogP contribution in [0.15, 0.2) is 78.0 Å². The molecule has 0 atom stereocenters. The molecule has 1 aliphatic carbocycles. The number of hydrogen-bond donors (Lipinski definition) is 2. The van der Waals surface area contributed by atoms with Gasteiger partial charge in [-0.2, -0.15) is 0 Å². The van der Waals surface area contributed by atoms with Gasteiger partial charge in [0.2, 0.25) is 0 Å². The second-order valence-corrected chi connectivity index (χ2v) is 11.6. The number of aromatic carboxylic acids is 1. The first-order chi connectivity index (χ1) is 17.5. The molecule has 0 spiro atoms. The van der Waals surface area contributed by atoms with Gasteiger partial charge in [-0.15, -0.1) is 0 Å². The Morgan fingerprint density at radius 1 is 0.757 bits per heavy atom. The zero-order valence-corrected chi connectivity index (χ0v) is 22.1. The lowest BCUT2D eigenvalue weighted by Gasteiger charge is -2.43. The molecule has 0 fully saturated rings. The highest BCUT2D eigenvalue weighted by molar-refractivity contribution is 6.15. The third-order valence-corrected chi connectivity index (χ3v) is 8.02. The van der Waals surface area contributed by atoms with Crippen molar-refractivity contribution in [1.29, 1.82) is 0 Å². The van der Waals surface area contributed by atoms with E-state index < -0.39 is 5.97 Å². The van der Waals surface area contributed by atoms with Crippen LogP contribution >= 0.6 is 0 Å². The monoisotopic (exact) mass is 491 g/mol. The number of aryl methyl sites for hydroxylation is 1. The molecule has 0 aliphatic heterocycles. The van der Waals surface area contributed by atoms with Crippen molar-refractivity contribution in [3.8, 4) is 11.1 Å². The number of oxime groups is 1. The summed E-state index contributed by atoms with van der Waals surface area (Å²) in [6.45, 7) is 11.4. The number of benzene rings is 4. The number of hydrogen-bond acceptors (Lipinski definition) is 3. The third-order valence-electron chi connectivity index (χ3n) is 8.02. The molecule has 0 heterocycles. The van der Waals surface area contributed by atoms with E-state index in [1.165, 1.54) is 22.3 Å². The van der Waals surface area contributed by atoms with Crippen LogP contribution in [0.2, 0.25) is 0 Å². The molecule has 4 heteroatoms. The van der Waals surface area contributed by atoms with Crippen molar-refractivity contribution in [3.05, 3.63) is 106 Å². The lowest BCUT2D eigenvalue weighted by Crippen LogP contribution is -2.35. The molecule has 0 amide bonds. The van der Waals surface area contributed by atoms with Crippen molar-refractivity contribution < 1.29 is 15.1 Å². The minimum Gasteiger partial charge on any atom is -0.478 e. The zero-order valence-electron chi connectivity index (χ0n) is 22.1. The van der Waals surface area contributed by atoms with Gasteiger partial charge in [0, 0.05) is 11.1 Å². The topological polar surface area (TPSA) is 69.9 Å². The summed E-state index contributed by atoms with van der Waals surface area (Å²) in [6.07, 6.45) is 2.19. The van der Waals surface area contributed by atoms with Crippen LogP contribution in [0.25, 0.3) is 21.9 Å². The standard InChI is InChI=1S/C33H33NO3/c1-20-6-8-21(9-7-20)27-18-26(19-28-29(27)33(4,5)15-14-32(28,2)3)30(34-37)24-12-10-23-17-25(31(35)36)13-11-22(23)16-24/h6-13,16-19,37H,14-15H2,1-5H3,(H,35,36). The molecule has 37 heavy (non-hydrogen) atoms. The summed E-state index contributed by atoms with van der Waals surface area (Å²) in [7, 11) is 0. The van der Waals surface area contributed by atoms with Crippen LogP contribution < -0.4 is 0 Å². The summed E-state index contributed by atoms with van der Waals surface area (Å²) in [5.74, 6) is -0.952. The average Bonchev–Trinajstić information content (AvgIpc) is 2.87. The van der Waals surface area contributed by atoms with Gasteiger partial charge in [0.15, 0.2) is 0 Å². The van der Waals surface area contributed by atoms with Crippen LogP contribution in [0.1, 0.15) is 78.7 Å². The first-order valence-corrected chi connectivity index (χ1v) is 12.8. The number of rotatable bonds is 4. The zero-order chi connectivity index (χ0) is 26.5. The first-order valence-electron chi connectivity index (χ1n) is 12.8. The van der Waals surface area contributed by atoms with Gasteiger partial charge < -0.3 is 10.3 Å². The molecule has 4 nitrogen and oxygen atoms in total. The number of carbonyl (C=O) groups is 1. The molecular weight excluding hydrogens is 458 g/mol. The molecule has 5 rings (SSSR count). The van der Waals surface area contributed by atoms with Gasteiger partial charge in [-0.3, -0.25) is 0 Å². The van der Waals surface area contributed by atoms with Crippen LogP contribution in [0.5, 0.6) is 0 Å². The van der Waals surface area contributed by atoms with Crippen LogP contribution in [0.3, 0.4) is 0 Å². The fraction of sp³-hybridized carbons (Fsp3) is 0.273. The summed E-state index contributed by atoms with van der Waals surface area (Å²) >= 11 is 0. The van der Waals surface area contributed by atoms with Crippen molar-refractivity contribution >= 4 is 22.5 Å². The van der Waals surface area contributed by atoms with Crippen molar-refractivity contribution in [1.82, 2.24) is 0 Å². The highest BCUT2D eigenvalue weighted by Crippen LogP contribution is 2.50. The maximum atomic E-state index is 11.4. The fourth-order valence-electron chi connectivity index (χ4n) is 5.70. The minimum atomic E-state index is -0.952. The Hall–Kier alpha value is -3.92. The summed E-state index contributed by atoms with van der Waals surface area (Å²) in [5.41, 5.74) is 8.61. The van der Waals surface area contributed by atoms with E-state index in [-0.39, 0.29) is 16.4 Å². The first kappa shape index (κ1) is 24.8. The van der Waals surface area contributed by atoms with E-state index in [2.05, 4.69) is 76.2 Å². The molecule has 0 saturated heterocycles. The van der Waals surface area contributed by atoms with Crippen molar-refractivity contribution in [2.45, 2.75) is 58.3 Å². The van der Waals surface area contributed by atoms with Crippen LogP contribution in [0, 0.1) is 6.92 Å². The third kappa shape index (κ3) is 4.42. The number of fused-ring (bicyclic) bond motifs is 2. The van der Waals surface area contributed by atoms with E-state index in [4.69, 9.17) is 0 Å². The molecule has 0 aromatic heterocycles. The van der Waals surface area contributed by atoms with E-state index in [9.17, 15) is 15.1 Å². The predicted molar refractivity (Wildman–Crippen MR) is 150 cm³/mol. The Balaban J connectivity index is 1.72. The molecule has 0 unspecified atom stereocenters. The Bertz CT molecular complexity index is 1560.